The zero-order chi connectivity index (χ0) is 13.0. The summed E-state index contributed by atoms with van der Waals surface area (Å²) in [7, 11) is 0. The van der Waals surface area contributed by atoms with E-state index in [1.165, 1.54) is 0 Å². The molecule has 2 heterocycles. The summed E-state index contributed by atoms with van der Waals surface area (Å²) in [5, 5.41) is 3.28. The molecule has 1 aromatic heterocycles. The second-order valence-electron chi connectivity index (χ2n) is 5.59. The number of aromatic nitrogens is 1. The van der Waals surface area contributed by atoms with Crippen molar-refractivity contribution in [3.63, 3.8) is 0 Å². The molecule has 0 radical (unpaired) electrons. The fourth-order valence-corrected chi connectivity index (χ4v) is 1.72. The van der Waals surface area contributed by atoms with E-state index in [1.807, 2.05) is 12.1 Å². The molecule has 3 nitrogen and oxygen atoms in total. The van der Waals surface area contributed by atoms with E-state index >= 15 is 0 Å². The van der Waals surface area contributed by atoms with Crippen molar-refractivity contribution in [2.24, 2.45) is 5.41 Å². The Kier molecular flexibility index (Phi) is 3.88. The normalized spacial score (nSPS) is 19.2. The molecule has 0 aromatic carbocycles. The summed E-state index contributed by atoms with van der Waals surface area (Å²) in [6, 6.07) is 3.86. The lowest BCUT2D eigenvalue weighted by molar-refractivity contribution is 0.213. The summed E-state index contributed by atoms with van der Waals surface area (Å²) in [5.74, 6) is 7.04. The van der Waals surface area contributed by atoms with Crippen molar-refractivity contribution in [2.45, 2.75) is 33.3 Å². The highest BCUT2D eigenvalue weighted by molar-refractivity contribution is 5.42. The summed E-state index contributed by atoms with van der Waals surface area (Å²) in [6.07, 6.45) is 3.00. The van der Waals surface area contributed by atoms with Crippen LogP contribution in [0.15, 0.2) is 18.3 Å². The van der Waals surface area contributed by atoms with Gasteiger partial charge in [0.25, 0.3) is 0 Å². The van der Waals surface area contributed by atoms with Crippen LogP contribution in [0.5, 0.6) is 5.88 Å². The first-order chi connectivity index (χ1) is 8.54. The zero-order valence-corrected chi connectivity index (χ0v) is 11.3. The molecule has 0 spiro atoms. The van der Waals surface area contributed by atoms with Crippen LogP contribution in [-0.2, 0) is 0 Å². The number of ether oxygens (including phenoxy) is 1. The van der Waals surface area contributed by atoms with Crippen molar-refractivity contribution in [1.82, 2.24) is 10.3 Å². The topological polar surface area (TPSA) is 34.1 Å². The average molecular weight is 244 g/mol. The summed E-state index contributed by atoms with van der Waals surface area (Å²) < 4.78 is 5.90. The Hall–Kier alpha value is -1.53. The van der Waals surface area contributed by atoms with Gasteiger partial charge < -0.3 is 10.1 Å². The molecule has 1 aromatic rings. The predicted molar refractivity (Wildman–Crippen MR) is 72.5 cm³/mol. The maximum Gasteiger partial charge on any atom is 0.229 e. The fourth-order valence-electron chi connectivity index (χ4n) is 1.72. The average Bonchev–Trinajstić information content (AvgIpc) is 2.80. The second kappa shape index (κ2) is 5.41. The molecule has 1 unspecified atom stereocenters. The Bertz CT molecular complexity index is 459. The molecule has 0 saturated carbocycles. The number of nitrogens with one attached hydrogen (secondary N) is 1. The Morgan fingerprint density at radius 3 is 2.94 bits per heavy atom. The quantitative estimate of drug-likeness (QED) is 0.810. The van der Waals surface area contributed by atoms with Crippen LogP contribution in [0.4, 0.5) is 0 Å². The molecular weight excluding hydrogens is 224 g/mol. The van der Waals surface area contributed by atoms with Crippen molar-refractivity contribution >= 4 is 0 Å². The van der Waals surface area contributed by atoms with Gasteiger partial charge in [0.05, 0.1) is 5.56 Å². The minimum absolute atomic E-state index is 0.0119. The lowest BCUT2D eigenvalue weighted by atomic mass is 9.97. The van der Waals surface area contributed by atoms with Crippen LogP contribution in [0.2, 0.25) is 0 Å². The molecule has 96 valence electrons. The SMILES string of the molecule is CC(C)(C)C#Cc1cccnc1OC1CCNC1. The molecule has 0 bridgehead atoms. The molecule has 3 heteroatoms. The Morgan fingerprint density at radius 2 is 2.28 bits per heavy atom. The Labute approximate surface area is 109 Å². The molecule has 2 rings (SSSR count). The number of hydrogen-bond donors (Lipinski definition) is 1. The van der Waals surface area contributed by atoms with Gasteiger partial charge in [-0.25, -0.2) is 4.98 Å². The fraction of sp³-hybridized carbons (Fsp3) is 0.533. The molecule has 0 aliphatic carbocycles. The first-order valence-corrected chi connectivity index (χ1v) is 6.40. The van der Waals surface area contributed by atoms with Crippen molar-refractivity contribution in [3.8, 4) is 17.7 Å². The van der Waals surface area contributed by atoms with Gasteiger partial charge >= 0.3 is 0 Å². The third-order valence-electron chi connectivity index (χ3n) is 2.64. The van der Waals surface area contributed by atoms with Crippen LogP contribution in [0.3, 0.4) is 0 Å². The number of nitrogens with zero attached hydrogens (tertiary/aromatic N) is 1. The van der Waals surface area contributed by atoms with E-state index in [0.717, 1.165) is 25.1 Å². The summed E-state index contributed by atoms with van der Waals surface area (Å²) >= 11 is 0. The smallest absolute Gasteiger partial charge is 0.229 e. The molecule has 18 heavy (non-hydrogen) atoms. The lowest BCUT2D eigenvalue weighted by Crippen LogP contribution is -2.20. The summed E-state index contributed by atoms with van der Waals surface area (Å²) in [4.78, 5) is 4.29. The second-order valence-corrected chi connectivity index (χ2v) is 5.59. The first kappa shape index (κ1) is 12.9. The van der Waals surface area contributed by atoms with Crippen LogP contribution in [0.25, 0.3) is 0 Å². The number of hydrogen-bond acceptors (Lipinski definition) is 3. The molecule has 1 saturated heterocycles. The Balaban J connectivity index is 2.16. The van der Waals surface area contributed by atoms with Gasteiger partial charge in [0, 0.05) is 18.2 Å². The molecule has 1 aliphatic rings. The lowest BCUT2D eigenvalue weighted by Gasteiger charge is -2.13. The van der Waals surface area contributed by atoms with Gasteiger partial charge in [-0.1, -0.05) is 11.8 Å². The van der Waals surface area contributed by atoms with Gasteiger partial charge in [0.2, 0.25) is 5.88 Å². The summed E-state index contributed by atoms with van der Waals surface area (Å²) in [6.45, 7) is 8.19. The van der Waals surface area contributed by atoms with Crippen LogP contribution in [0, 0.1) is 17.3 Å². The van der Waals surface area contributed by atoms with Crippen LogP contribution < -0.4 is 10.1 Å². The van der Waals surface area contributed by atoms with Crippen LogP contribution >= 0.6 is 0 Å². The van der Waals surface area contributed by atoms with Crippen LogP contribution in [0.1, 0.15) is 32.8 Å². The van der Waals surface area contributed by atoms with Gasteiger partial charge in [-0.3, -0.25) is 0 Å². The minimum atomic E-state index is -0.0119. The maximum absolute atomic E-state index is 5.90. The van der Waals surface area contributed by atoms with E-state index in [9.17, 15) is 0 Å². The highest BCUT2D eigenvalue weighted by atomic mass is 16.5. The highest BCUT2D eigenvalue weighted by Gasteiger charge is 2.17. The van der Waals surface area contributed by atoms with Gasteiger partial charge in [-0.15, -0.1) is 0 Å². The van der Waals surface area contributed by atoms with E-state index in [4.69, 9.17) is 4.74 Å². The van der Waals surface area contributed by atoms with Crippen molar-refractivity contribution in [1.29, 1.82) is 0 Å². The molecule has 1 aliphatic heterocycles. The summed E-state index contributed by atoms with van der Waals surface area (Å²) in [5.41, 5.74) is 0.862. The van der Waals surface area contributed by atoms with Crippen molar-refractivity contribution in [3.05, 3.63) is 23.9 Å². The third-order valence-corrected chi connectivity index (χ3v) is 2.64. The minimum Gasteiger partial charge on any atom is -0.472 e. The van der Waals surface area contributed by atoms with E-state index in [-0.39, 0.29) is 11.5 Å². The Morgan fingerprint density at radius 1 is 1.44 bits per heavy atom. The molecule has 0 amide bonds. The molecular formula is C15H20N2O. The van der Waals surface area contributed by atoms with Gasteiger partial charge in [-0.05, 0) is 45.9 Å². The van der Waals surface area contributed by atoms with Crippen molar-refractivity contribution in [2.75, 3.05) is 13.1 Å². The van der Waals surface area contributed by atoms with E-state index in [1.54, 1.807) is 6.20 Å². The van der Waals surface area contributed by atoms with Gasteiger partial charge in [0.1, 0.15) is 6.10 Å². The third kappa shape index (κ3) is 3.75. The van der Waals surface area contributed by atoms with Gasteiger partial charge in [-0.2, -0.15) is 0 Å². The van der Waals surface area contributed by atoms with Crippen LogP contribution in [-0.4, -0.2) is 24.2 Å². The zero-order valence-electron chi connectivity index (χ0n) is 11.3. The largest absolute Gasteiger partial charge is 0.472 e. The van der Waals surface area contributed by atoms with E-state index in [2.05, 4.69) is 42.9 Å². The number of pyridine rings is 1. The highest BCUT2D eigenvalue weighted by Crippen LogP contribution is 2.18. The molecule has 1 fully saturated rings. The number of rotatable bonds is 2. The van der Waals surface area contributed by atoms with E-state index < -0.39 is 0 Å². The molecule has 1 atom stereocenters. The van der Waals surface area contributed by atoms with Gasteiger partial charge in [0.15, 0.2) is 0 Å². The van der Waals surface area contributed by atoms with E-state index in [0.29, 0.717) is 5.88 Å². The standard InChI is InChI=1S/C15H20N2O/c1-15(2,3)8-6-12-5-4-9-17-14(12)18-13-7-10-16-11-13/h4-5,9,13,16H,7,10-11H2,1-3H3. The first-order valence-electron chi connectivity index (χ1n) is 6.40. The monoisotopic (exact) mass is 244 g/mol. The molecule has 1 N–H and O–H groups in total. The predicted octanol–water partition coefficient (Wildman–Crippen LogP) is 2.22. The van der Waals surface area contributed by atoms with Crippen molar-refractivity contribution < 1.29 is 4.74 Å². The maximum atomic E-state index is 5.90.